The van der Waals surface area contributed by atoms with Crippen molar-refractivity contribution in [1.29, 1.82) is 0 Å². The molecular formula is C9H18N2O5S. The molecule has 1 rings (SSSR count). The highest BCUT2D eigenvalue weighted by molar-refractivity contribution is 7.88. The predicted molar refractivity (Wildman–Crippen MR) is 60.5 cm³/mol. The Hall–Kier alpha value is -0.860. The minimum absolute atomic E-state index is 0.0999. The van der Waals surface area contributed by atoms with Crippen LogP contribution in [0, 0.1) is 0 Å². The van der Waals surface area contributed by atoms with Crippen molar-refractivity contribution in [2.75, 3.05) is 6.54 Å². The number of ether oxygens (including phenoxy) is 1. The summed E-state index contributed by atoms with van der Waals surface area (Å²) >= 11 is 0. The smallest absolute Gasteiger partial charge is 0.422 e. The van der Waals surface area contributed by atoms with Gasteiger partial charge in [-0.25, -0.2) is 9.52 Å². The quantitative estimate of drug-likeness (QED) is 0.643. The van der Waals surface area contributed by atoms with Crippen LogP contribution in [0.2, 0.25) is 0 Å². The van der Waals surface area contributed by atoms with E-state index in [4.69, 9.17) is 0 Å². The molecule has 3 N–H and O–H groups in total. The SMILES string of the molecule is CC(C)OC(=O)NS(=O)(=O)NCC1(O)CCC1. The first-order valence-electron chi connectivity index (χ1n) is 5.43. The first-order chi connectivity index (χ1) is 7.72. The van der Waals surface area contributed by atoms with Crippen molar-refractivity contribution in [3.05, 3.63) is 0 Å². The average Bonchev–Trinajstić information content (AvgIpc) is 2.09. The van der Waals surface area contributed by atoms with Crippen LogP contribution in [0.25, 0.3) is 0 Å². The van der Waals surface area contributed by atoms with Crippen LogP contribution in [0.4, 0.5) is 4.79 Å². The van der Waals surface area contributed by atoms with Gasteiger partial charge in [-0.1, -0.05) is 0 Å². The standard InChI is InChI=1S/C9H18N2O5S/c1-7(2)16-8(12)11-17(14,15)10-6-9(13)4-3-5-9/h7,10,13H,3-6H2,1-2H3,(H,11,12). The number of hydrogen-bond acceptors (Lipinski definition) is 5. The summed E-state index contributed by atoms with van der Waals surface area (Å²) < 4.78 is 31.2. The van der Waals surface area contributed by atoms with Gasteiger partial charge in [0.15, 0.2) is 0 Å². The number of aliphatic hydroxyl groups is 1. The van der Waals surface area contributed by atoms with Gasteiger partial charge in [0, 0.05) is 6.54 Å². The molecule has 1 aliphatic rings. The van der Waals surface area contributed by atoms with Gasteiger partial charge in [0.1, 0.15) is 0 Å². The van der Waals surface area contributed by atoms with E-state index in [1.165, 1.54) is 0 Å². The van der Waals surface area contributed by atoms with E-state index in [0.29, 0.717) is 12.8 Å². The van der Waals surface area contributed by atoms with Crippen LogP contribution in [0.3, 0.4) is 0 Å². The van der Waals surface area contributed by atoms with Gasteiger partial charge >= 0.3 is 16.3 Å². The van der Waals surface area contributed by atoms with E-state index in [-0.39, 0.29) is 6.54 Å². The molecule has 1 aliphatic carbocycles. The van der Waals surface area contributed by atoms with E-state index in [1.807, 2.05) is 0 Å². The molecule has 7 nitrogen and oxygen atoms in total. The molecule has 0 aromatic heterocycles. The van der Waals surface area contributed by atoms with Crippen molar-refractivity contribution in [3.63, 3.8) is 0 Å². The number of amides is 1. The Morgan fingerprint density at radius 2 is 2.06 bits per heavy atom. The van der Waals surface area contributed by atoms with Gasteiger partial charge in [0.05, 0.1) is 11.7 Å². The largest absolute Gasteiger partial charge is 0.446 e. The van der Waals surface area contributed by atoms with Crippen LogP contribution >= 0.6 is 0 Å². The summed E-state index contributed by atoms with van der Waals surface area (Å²) in [7, 11) is -3.97. The third-order valence-electron chi connectivity index (χ3n) is 2.44. The summed E-state index contributed by atoms with van der Waals surface area (Å²) in [5.74, 6) is 0. The van der Waals surface area contributed by atoms with E-state index in [2.05, 4.69) is 9.46 Å². The Kier molecular flexibility index (Phi) is 4.34. The van der Waals surface area contributed by atoms with Crippen LogP contribution in [0.1, 0.15) is 33.1 Å². The Labute approximate surface area is 101 Å². The van der Waals surface area contributed by atoms with E-state index in [1.54, 1.807) is 18.6 Å². The van der Waals surface area contributed by atoms with Crippen molar-refractivity contribution < 1.29 is 23.1 Å². The van der Waals surface area contributed by atoms with E-state index < -0.39 is 28.0 Å². The van der Waals surface area contributed by atoms with Gasteiger partial charge in [0.25, 0.3) is 0 Å². The number of nitrogens with one attached hydrogen (secondary N) is 2. The van der Waals surface area contributed by atoms with Gasteiger partial charge in [-0.15, -0.1) is 0 Å². The molecule has 0 radical (unpaired) electrons. The molecule has 0 unspecified atom stereocenters. The lowest BCUT2D eigenvalue weighted by Crippen LogP contribution is -2.51. The van der Waals surface area contributed by atoms with E-state index >= 15 is 0 Å². The lowest BCUT2D eigenvalue weighted by Gasteiger charge is -2.36. The molecule has 0 bridgehead atoms. The zero-order valence-corrected chi connectivity index (χ0v) is 10.7. The maximum absolute atomic E-state index is 11.4. The molecular weight excluding hydrogens is 248 g/mol. The number of carbonyl (C=O) groups excluding carboxylic acids is 1. The monoisotopic (exact) mass is 266 g/mol. The Morgan fingerprint density at radius 3 is 2.47 bits per heavy atom. The lowest BCUT2D eigenvalue weighted by molar-refractivity contribution is -0.0271. The van der Waals surface area contributed by atoms with Crippen molar-refractivity contribution in [2.24, 2.45) is 0 Å². The van der Waals surface area contributed by atoms with E-state index in [9.17, 15) is 18.3 Å². The predicted octanol–water partition coefficient (Wildman–Crippen LogP) is -0.130. The topological polar surface area (TPSA) is 105 Å². The summed E-state index contributed by atoms with van der Waals surface area (Å²) in [5, 5.41) is 9.68. The fourth-order valence-corrected chi connectivity index (χ4v) is 2.17. The molecule has 1 saturated carbocycles. The average molecular weight is 266 g/mol. The van der Waals surface area contributed by atoms with Gasteiger partial charge in [-0.2, -0.15) is 13.1 Å². The van der Waals surface area contributed by atoms with E-state index in [0.717, 1.165) is 6.42 Å². The molecule has 1 amide bonds. The van der Waals surface area contributed by atoms with Crippen LogP contribution in [0.5, 0.6) is 0 Å². The summed E-state index contributed by atoms with van der Waals surface area (Å²) in [5.41, 5.74) is -0.975. The van der Waals surface area contributed by atoms with Crippen molar-refractivity contribution >= 4 is 16.3 Å². The molecule has 17 heavy (non-hydrogen) atoms. The molecule has 0 spiro atoms. The van der Waals surface area contributed by atoms with Crippen LogP contribution < -0.4 is 9.44 Å². The lowest BCUT2D eigenvalue weighted by atomic mass is 9.81. The number of hydrogen-bond donors (Lipinski definition) is 3. The molecule has 0 atom stereocenters. The zero-order valence-electron chi connectivity index (χ0n) is 9.89. The second-order valence-corrected chi connectivity index (χ2v) is 5.96. The minimum Gasteiger partial charge on any atom is -0.446 e. The van der Waals surface area contributed by atoms with Gasteiger partial charge in [-0.05, 0) is 33.1 Å². The second kappa shape index (κ2) is 5.19. The fraction of sp³-hybridized carbons (Fsp3) is 0.889. The Bertz CT molecular complexity index is 375. The molecule has 100 valence electrons. The van der Waals surface area contributed by atoms with Crippen LogP contribution in [-0.2, 0) is 14.9 Å². The molecule has 0 aromatic carbocycles. The first kappa shape index (κ1) is 14.2. The normalized spacial score (nSPS) is 18.6. The summed E-state index contributed by atoms with van der Waals surface area (Å²) in [6.07, 6.45) is 0.563. The molecule has 1 fully saturated rings. The van der Waals surface area contributed by atoms with Gasteiger partial charge in [-0.3, -0.25) is 0 Å². The van der Waals surface area contributed by atoms with Gasteiger partial charge < -0.3 is 9.84 Å². The molecule has 0 aliphatic heterocycles. The van der Waals surface area contributed by atoms with Crippen LogP contribution in [0.15, 0.2) is 0 Å². The highest BCUT2D eigenvalue weighted by atomic mass is 32.2. The van der Waals surface area contributed by atoms with Crippen molar-refractivity contribution in [2.45, 2.75) is 44.8 Å². The molecule has 0 aromatic rings. The summed E-state index contributed by atoms with van der Waals surface area (Å²) in [6, 6.07) is 0. The zero-order chi connectivity index (χ0) is 13.1. The highest BCUT2D eigenvalue weighted by Gasteiger charge is 2.35. The molecule has 8 heteroatoms. The molecule has 0 heterocycles. The Morgan fingerprint density at radius 1 is 1.47 bits per heavy atom. The summed E-state index contributed by atoms with van der Waals surface area (Å²) in [6.45, 7) is 3.12. The second-order valence-electron chi connectivity index (χ2n) is 4.46. The van der Waals surface area contributed by atoms with Gasteiger partial charge in [0.2, 0.25) is 0 Å². The van der Waals surface area contributed by atoms with Crippen molar-refractivity contribution in [3.8, 4) is 0 Å². The third-order valence-corrected chi connectivity index (χ3v) is 3.40. The molecule has 0 saturated heterocycles. The highest BCUT2D eigenvalue weighted by Crippen LogP contribution is 2.30. The summed E-state index contributed by atoms with van der Waals surface area (Å²) in [4.78, 5) is 11.1. The van der Waals surface area contributed by atoms with Crippen molar-refractivity contribution in [1.82, 2.24) is 9.44 Å². The first-order valence-corrected chi connectivity index (χ1v) is 6.91. The maximum Gasteiger partial charge on any atom is 0.422 e. The number of rotatable bonds is 5. The van der Waals surface area contributed by atoms with Crippen LogP contribution in [-0.4, -0.2) is 37.9 Å². The maximum atomic E-state index is 11.4. The fourth-order valence-electron chi connectivity index (χ4n) is 1.37. The minimum atomic E-state index is -3.97. The number of carbonyl (C=O) groups is 1. The third kappa shape index (κ3) is 4.88. The Balaban J connectivity index is 2.38.